The van der Waals surface area contributed by atoms with Gasteiger partial charge in [0.05, 0.1) is 10.6 Å². The molecule has 1 saturated carbocycles. The minimum Gasteiger partial charge on any atom is -0.279 e. The number of non-ortho nitro benzene ring substituents is 1. The SMILES string of the molecule is CCC1CCCC1=NNc1ccc([N+](=O)[O-])cc1. The van der Waals surface area contributed by atoms with Gasteiger partial charge >= 0.3 is 0 Å². The molecule has 0 heterocycles. The average molecular weight is 247 g/mol. The summed E-state index contributed by atoms with van der Waals surface area (Å²) in [6.07, 6.45) is 4.61. The highest BCUT2D eigenvalue weighted by Crippen LogP contribution is 2.25. The first-order valence-electron chi connectivity index (χ1n) is 6.27. The summed E-state index contributed by atoms with van der Waals surface area (Å²) < 4.78 is 0. The molecule has 1 atom stereocenters. The Morgan fingerprint density at radius 2 is 2.17 bits per heavy atom. The Kier molecular flexibility index (Phi) is 3.92. The van der Waals surface area contributed by atoms with Gasteiger partial charge in [-0.2, -0.15) is 5.10 Å². The van der Waals surface area contributed by atoms with Gasteiger partial charge < -0.3 is 0 Å². The van der Waals surface area contributed by atoms with Crippen molar-refractivity contribution in [3.63, 3.8) is 0 Å². The molecule has 1 unspecified atom stereocenters. The van der Waals surface area contributed by atoms with Crippen molar-refractivity contribution in [2.24, 2.45) is 11.0 Å². The monoisotopic (exact) mass is 247 g/mol. The molecule has 1 aromatic carbocycles. The first-order valence-corrected chi connectivity index (χ1v) is 6.27. The van der Waals surface area contributed by atoms with Crippen molar-refractivity contribution >= 4 is 17.1 Å². The van der Waals surface area contributed by atoms with Gasteiger partial charge in [0.2, 0.25) is 0 Å². The van der Waals surface area contributed by atoms with Gasteiger partial charge in [0.25, 0.3) is 5.69 Å². The summed E-state index contributed by atoms with van der Waals surface area (Å²) in [5.74, 6) is 0.593. The molecule has 0 spiro atoms. The Labute approximate surface area is 106 Å². The lowest BCUT2D eigenvalue weighted by molar-refractivity contribution is -0.384. The number of hydrogen-bond donors (Lipinski definition) is 1. The number of hydrazone groups is 1. The topological polar surface area (TPSA) is 67.5 Å². The molecule has 1 aliphatic carbocycles. The maximum Gasteiger partial charge on any atom is 0.269 e. The summed E-state index contributed by atoms with van der Waals surface area (Å²) in [5.41, 5.74) is 5.09. The summed E-state index contributed by atoms with van der Waals surface area (Å²) in [6, 6.07) is 6.32. The van der Waals surface area contributed by atoms with E-state index in [4.69, 9.17) is 0 Å². The van der Waals surface area contributed by atoms with E-state index in [9.17, 15) is 10.1 Å². The molecule has 18 heavy (non-hydrogen) atoms. The molecule has 5 heteroatoms. The highest BCUT2D eigenvalue weighted by molar-refractivity contribution is 5.89. The predicted octanol–water partition coefficient (Wildman–Crippen LogP) is 3.57. The quantitative estimate of drug-likeness (QED) is 0.653. The van der Waals surface area contributed by atoms with Crippen molar-refractivity contribution < 1.29 is 4.92 Å². The molecule has 0 aliphatic heterocycles. The lowest BCUT2D eigenvalue weighted by Gasteiger charge is -2.08. The van der Waals surface area contributed by atoms with Gasteiger partial charge in [-0.25, -0.2) is 0 Å². The Morgan fingerprint density at radius 1 is 1.44 bits per heavy atom. The van der Waals surface area contributed by atoms with Gasteiger partial charge in [-0.15, -0.1) is 0 Å². The lowest BCUT2D eigenvalue weighted by atomic mass is 10.0. The Bertz CT molecular complexity index is 454. The van der Waals surface area contributed by atoms with Crippen LogP contribution >= 0.6 is 0 Å². The minimum absolute atomic E-state index is 0.0977. The van der Waals surface area contributed by atoms with Crippen LogP contribution in [0, 0.1) is 16.0 Å². The Hall–Kier alpha value is -1.91. The number of rotatable bonds is 4. The van der Waals surface area contributed by atoms with Crippen molar-refractivity contribution in [2.75, 3.05) is 5.43 Å². The van der Waals surface area contributed by atoms with Crippen LogP contribution in [0.4, 0.5) is 11.4 Å². The summed E-state index contributed by atoms with van der Waals surface area (Å²) >= 11 is 0. The van der Waals surface area contributed by atoms with Crippen LogP contribution in [0.5, 0.6) is 0 Å². The highest BCUT2D eigenvalue weighted by atomic mass is 16.6. The standard InChI is InChI=1S/C13H17N3O2/c1-2-10-4-3-5-13(10)15-14-11-6-8-12(9-7-11)16(17)18/h6-10,14H,2-5H2,1H3. The van der Waals surface area contributed by atoms with E-state index in [0.717, 1.165) is 18.5 Å². The minimum atomic E-state index is -0.403. The molecule has 1 aliphatic rings. The number of nitro groups is 1. The summed E-state index contributed by atoms with van der Waals surface area (Å²) in [7, 11) is 0. The van der Waals surface area contributed by atoms with E-state index >= 15 is 0 Å². The average Bonchev–Trinajstić information content (AvgIpc) is 2.84. The van der Waals surface area contributed by atoms with E-state index in [1.54, 1.807) is 12.1 Å². The van der Waals surface area contributed by atoms with Crippen LogP contribution in [0.25, 0.3) is 0 Å². The normalized spacial score (nSPS) is 21.2. The Balaban J connectivity index is 2.01. The largest absolute Gasteiger partial charge is 0.279 e. The maximum atomic E-state index is 10.5. The van der Waals surface area contributed by atoms with E-state index in [2.05, 4.69) is 17.5 Å². The van der Waals surface area contributed by atoms with E-state index < -0.39 is 4.92 Å². The molecule has 96 valence electrons. The molecular weight excluding hydrogens is 230 g/mol. The zero-order chi connectivity index (χ0) is 13.0. The molecule has 2 rings (SSSR count). The third-order valence-corrected chi connectivity index (χ3v) is 3.36. The molecule has 0 bridgehead atoms. The number of hydrogen-bond acceptors (Lipinski definition) is 4. The summed E-state index contributed by atoms with van der Waals surface area (Å²) in [4.78, 5) is 10.1. The van der Waals surface area contributed by atoms with Crippen LogP contribution < -0.4 is 5.43 Å². The van der Waals surface area contributed by atoms with Crippen LogP contribution in [0.1, 0.15) is 32.6 Å². The summed E-state index contributed by atoms with van der Waals surface area (Å²) in [5, 5.41) is 14.9. The zero-order valence-corrected chi connectivity index (χ0v) is 10.4. The van der Waals surface area contributed by atoms with Gasteiger partial charge in [0.15, 0.2) is 0 Å². The van der Waals surface area contributed by atoms with Crippen molar-refractivity contribution in [2.45, 2.75) is 32.6 Å². The molecule has 0 aromatic heterocycles. The van der Waals surface area contributed by atoms with Gasteiger partial charge in [-0.1, -0.05) is 6.92 Å². The molecule has 1 aromatic rings. The second-order valence-corrected chi connectivity index (χ2v) is 4.52. The molecule has 0 saturated heterocycles. The predicted molar refractivity (Wildman–Crippen MR) is 71.8 cm³/mol. The van der Waals surface area contributed by atoms with Crippen LogP contribution in [-0.2, 0) is 0 Å². The van der Waals surface area contributed by atoms with E-state index in [-0.39, 0.29) is 5.69 Å². The van der Waals surface area contributed by atoms with Crippen LogP contribution in [0.3, 0.4) is 0 Å². The van der Waals surface area contributed by atoms with Crippen molar-refractivity contribution in [3.8, 4) is 0 Å². The number of benzene rings is 1. The van der Waals surface area contributed by atoms with E-state index in [1.807, 2.05) is 0 Å². The number of anilines is 1. The van der Waals surface area contributed by atoms with Crippen LogP contribution in [0.15, 0.2) is 29.4 Å². The lowest BCUT2D eigenvalue weighted by Crippen LogP contribution is -2.07. The Morgan fingerprint density at radius 3 is 2.78 bits per heavy atom. The van der Waals surface area contributed by atoms with Gasteiger partial charge in [0, 0.05) is 17.8 Å². The molecular formula is C13H17N3O2. The fourth-order valence-electron chi connectivity index (χ4n) is 2.28. The zero-order valence-electron chi connectivity index (χ0n) is 10.4. The fourth-order valence-corrected chi connectivity index (χ4v) is 2.28. The number of nitro benzene ring substituents is 1. The third-order valence-electron chi connectivity index (χ3n) is 3.36. The molecule has 0 amide bonds. The van der Waals surface area contributed by atoms with Crippen LogP contribution in [-0.4, -0.2) is 10.6 Å². The summed E-state index contributed by atoms with van der Waals surface area (Å²) in [6.45, 7) is 2.18. The maximum absolute atomic E-state index is 10.5. The third kappa shape index (κ3) is 2.85. The number of nitrogens with one attached hydrogen (secondary N) is 1. The fraction of sp³-hybridized carbons (Fsp3) is 0.462. The second-order valence-electron chi connectivity index (χ2n) is 4.52. The van der Waals surface area contributed by atoms with Gasteiger partial charge in [-0.05, 0) is 43.7 Å². The van der Waals surface area contributed by atoms with Gasteiger partial charge in [-0.3, -0.25) is 15.5 Å². The molecule has 1 fully saturated rings. The molecule has 5 nitrogen and oxygen atoms in total. The molecule has 0 radical (unpaired) electrons. The van der Waals surface area contributed by atoms with Crippen LogP contribution in [0.2, 0.25) is 0 Å². The highest BCUT2D eigenvalue weighted by Gasteiger charge is 2.20. The van der Waals surface area contributed by atoms with Crippen molar-refractivity contribution in [3.05, 3.63) is 34.4 Å². The van der Waals surface area contributed by atoms with Crippen molar-refractivity contribution in [1.82, 2.24) is 0 Å². The first kappa shape index (κ1) is 12.5. The van der Waals surface area contributed by atoms with E-state index in [1.165, 1.54) is 30.7 Å². The number of nitrogens with zero attached hydrogens (tertiary/aromatic N) is 2. The first-order chi connectivity index (χ1) is 8.70. The second kappa shape index (κ2) is 5.62. The van der Waals surface area contributed by atoms with Gasteiger partial charge in [0.1, 0.15) is 0 Å². The smallest absolute Gasteiger partial charge is 0.269 e. The molecule has 1 N–H and O–H groups in total. The van der Waals surface area contributed by atoms with Crippen molar-refractivity contribution in [1.29, 1.82) is 0 Å². The van der Waals surface area contributed by atoms with E-state index in [0.29, 0.717) is 5.92 Å².